The molecule has 0 aliphatic rings. The first-order chi connectivity index (χ1) is 10.1. The topological polar surface area (TPSA) is 62.2 Å². The third-order valence-corrected chi connectivity index (χ3v) is 5.81. The predicted molar refractivity (Wildman–Crippen MR) is 87.9 cm³/mol. The van der Waals surface area contributed by atoms with Crippen LogP contribution in [0.2, 0.25) is 0 Å². The van der Waals surface area contributed by atoms with Gasteiger partial charge in [0.15, 0.2) is 0 Å². The van der Waals surface area contributed by atoms with E-state index in [4.69, 9.17) is 0 Å². The van der Waals surface area contributed by atoms with E-state index in [1.54, 1.807) is 16.7 Å². The Hall–Kier alpha value is -1.24. The lowest BCUT2D eigenvalue weighted by Crippen LogP contribution is -2.39. The zero-order valence-electron chi connectivity index (χ0n) is 12.3. The van der Waals surface area contributed by atoms with Crippen molar-refractivity contribution in [2.75, 3.05) is 13.2 Å². The van der Waals surface area contributed by atoms with Gasteiger partial charge in [-0.2, -0.15) is 0 Å². The standard InChI is InChI=1S/C15H20N2O2S2/c1-3-15(4-2,10-18)9-16-13(19)11-8-21-14(17-11)12-6-5-7-20-12/h5-8,18H,3-4,9-10H2,1-2H3,(H,16,19). The number of thiophene rings is 1. The van der Waals surface area contributed by atoms with Crippen molar-refractivity contribution in [3.8, 4) is 9.88 Å². The van der Waals surface area contributed by atoms with Crippen LogP contribution in [-0.4, -0.2) is 29.1 Å². The van der Waals surface area contributed by atoms with Crippen LogP contribution in [0.15, 0.2) is 22.9 Å². The first-order valence-corrected chi connectivity index (χ1v) is 8.78. The molecule has 4 nitrogen and oxygen atoms in total. The largest absolute Gasteiger partial charge is 0.396 e. The molecule has 0 aliphatic heterocycles. The maximum absolute atomic E-state index is 12.2. The second kappa shape index (κ2) is 7.15. The van der Waals surface area contributed by atoms with Crippen LogP contribution in [-0.2, 0) is 0 Å². The van der Waals surface area contributed by atoms with E-state index in [-0.39, 0.29) is 17.9 Å². The number of nitrogens with zero attached hydrogens (tertiary/aromatic N) is 1. The molecule has 6 heteroatoms. The fraction of sp³-hybridized carbons (Fsp3) is 0.467. The van der Waals surface area contributed by atoms with Crippen molar-refractivity contribution >= 4 is 28.6 Å². The summed E-state index contributed by atoms with van der Waals surface area (Å²) in [6.07, 6.45) is 1.66. The summed E-state index contributed by atoms with van der Waals surface area (Å²) in [6.45, 7) is 4.62. The first kappa shape index (κ1) is 16.1. The summed E-state index contributed by atoms with van der Waals surface area (Å²) >= 11 is 3.09. The fourth-order valence-electron chi connectivity index (χ4n) is 2.03. The molecule has 114 valence electrons. The molecule has 2 aromatic heterocycles. The highest BCUT2D eigenvalue weighted by molar-refractivity contribution is 7.20. The third kappa shape index (κ3) is 3.70. The predicted octanol–water partition coefficient (Wildman–Crippen LogP) is 3.40. The number of aliphatic hydroxyl groups excluding tert-OH is 1. The molecule has 0 atom stereocenters. The highest BCUT2D eigenvalue weighted by Gasteiger charge is 2.26. The number of nitrogens with one attached hydrogen (secondary N) is 1. The lowest BCUT2D eigenvalue weighted by molar-refractivity contribution is 0.0847. The minimum atomic E-state index is -0.234. The van der Waals surface area contributed by atoms with E-state index >= 15 is 0 Å². The second-order valence-electron chi connectivity index (χ2n) is 5.06. The number of thiazole rings is 1. The van der Waals surface area contributed by atoms with Crippen LogP contribution < -0.4 is 5.32 Å². The SMILES string of the molecule is CCC(CC)(CO)CNC(=O)c1csc(-c2cccs2)n1. The Morgan fingerprint density at radius 1 is 1.38 bits per heavy atom. The number of amides is 1. The summed E-state index contributed by atoms with van der Waals surface area (Å²) in [5.74, 6) is -0.172. The van der Waals surface area contributed by atoms with Crippen LogP contribution in [0.3, 0.4) is 0 Å². The summed E-state index contributed by atoms with van der Waals surface area (Å²) in [6, 6.07) is 3.97. The van der Waals surface area contributed by atoms with Crippen molar-refractivity contribution in [1.82, 2.24) is 10.3 Å². The van der Waals surface area contributed by atoms with Gasteiger partial charge >= 0.3 is 0 Å². The summed E-state index contributed by atoms with van der Waals surface area (Å²) in [7, 11) is 0. The van der Waals surface area contributed by atoms with Crippen molar-refractivity contribution in [2.45, 2.75) is 26.7 Å². The molecule has 0 saturated carbocycles. The number of hydrogen-bond acceptors (Lipinski definition) is 5. The van der Waals surface area contributed by atoms with E-state index in [0.29, 0.717) is 12.2 Å². The number of carbonyl (C=O) groups excluding carboxylic acids is 1. The van der Waals surface area contributed by atoms with Gasteiger partial charge in [-0.15, -0.1) is 22.7 Å². The van der Waals surface area contributed by atoms with Crippen LogP contribution in [0.25, 0.3) is 9.88 Å². The lowest BCUT2D eigenvalue weighted by Gasteiger charge is -2.29. The summed E-state index contributed by atoms with van der Waals surface area (Å²) in [5.41, 5.74) is 0.213. The molecule has 0 unspecified atom stereocenters. The van der Waals surface area contributed by atoms with Crippen LogP contribution in [0, 0.1) is 5.41 Å². The van der Waals surface area contributed by atoms with E-state index in [2.05, 4.69) is 10.3 Å². The molecule has 2 heterocycles. The molecule has 2 rings (SSSR count). The van der Waals surface area contributed by atoms with Crippen LogP contribution >= 0.6 is 22.7 Å². The monoisotopic (exact) mass is 324 g/mol. The molecule has 0 saturated heterocycles. The number of rotatable bonds is 7. The molecule has 21 heavy (non-hydrogen) atoms. The molecule has 0 spiro atoms. The molecule has 1 amide bonds. The molecule has 0 fully saturated rings. The molecule has 2 aromatic rings. The van der Waals surface area contributed by atoms with Gasteiger partial charge < -0.3 is 10.4 Å². The average molecular weight is 324 g/mol. The van der Waals surface area contributed by atoms with Gasteiger partial charge in [-0.25, -0.2) is 4.98 Å². The maximum atomic E-state index is 12.2. The lowest BCUT2D eigenvalue weighted by atomic mass is 9.83. The Kier molecular flexibility index (Phi) is 5.50. The van der Waals surface area contributed by atoms with Crippen LogP contribution in [0.1, 0.15) is 37.2 Å². The van der Waals surface area contributed by atoms with E-state index in [9.17, 15) is 9.90 Å². The Morgan fingerprint density at radius 3 is 2.71 bits per heavy atom. The van der Waals surface area contributed by atoms with Crippen molar-refractivity contribution in [2.24, 2.45) is 5.41 Å². The van der Waals surface area contributed by atoms with Gasteiger partial charge in [0.05, 0.1) is 11.5 Å². The van der Waals surface area contributed by atoms with E-state index in [1.165, 1.54) is 11.3 Å². The molecular weight excluding hydrogens is 304 g/mol. The van der Waals surface area contributed by atoms with Crippen LogP contribution in [0.4, 0.5) is 0 Å². The van der Waals surface area contributed by atoms with Crippen molar-refractivity contribution in [3.63, 3.8) is 0 Å². The zero-order valence-corrected chi connectivity index (χ0v) is 13.9. The van der Waals surface area contributed by atoms with Gasteiger partial charge in [0.1, 0.15) is 10.7 Å². The number of aromatic nitrogens is 1. The smallest absolute Gasteiger partial charge is 0.270 e. The Labute approximate surface area is 132 Å². The maximum Gasteiger partial charge on any atom is 0.270 e. The van der Waals surface area contributed by atoms with Gasteiger partial charge in [-0.3, -0.25) is 4.79 Å². The van der Waals surface area contributed by atoms with Crippen molar-refractivity contribution in [3.05, 3.63) is 28.6 Å². The molecule has 0 aliphatic carbocycles. The summed E-state index contributed by atoms with van der Waals surface area (Å²) in [5, 5.41) is 17.1. The van der Waals surface area contributed by atoms with E-state index in [1.807, 2.05) is 31.4 Å². The molecule has 2 N–H and O–H groups in total. The number of carbonyl (C=O) groups is 1. The van der Waals surface area contributed by atoms with Crippen LogP contribution in [0.5, 0.6) is 0 Å². The highest BCUT2D eigenvalue weighted by Crippen LogP contribution is 2.28. The van der Waals surface area contributed by atoms with Gasteiger partial charge in [0.25, 0.3) is 5.91 Å². The first-order valence-electron chi connectivity index (χ1n) is 7.02. The fourth-order valence-corrected chi connectivity index (χ4v) is 3.64. The molecule has 0 aromatic carbocycles. The Balaban J connectivity index is 2.01. The van der Waals surface area contributed by atoms with E-state index < -0.39 is 0 Å². The molecular formula is C15H20N2O2S2. The quantitative estimate of drug-likeness (QED) is 0.820. The Bertz CT molecular complexity index is 566. The number of aliphatic hydroxyl groups is 1. The average Bonchev–Trinajstić information content (AvgIpc) is 3.20. The Morgan fingerprint density at radius 2 is 2.14 bits per heavy atom. The molecule has 0 bridgehead atoms. The third-order valence-electron chi connectivity index (χ3n) is 3.93. The second-order valence-corrected chi connectivity index (χ2v) is 6.87. The minimum absolute atomic E-state index is 0.0811. The van der Waals surface area contributed by atoms with E-state index in [0.717, 1.165) is 22.7 Å². The number of hydrogen-bond donors (Lipinski definition) is 2. The van der Waals surface area contributed by atoms with Crippen molar-refractivity contribution in [1.29, 1.82) is 0 Å². The van der Waals surface area contributed by atoms with Crippen molar-refractivity contribution < 1.29 is 9.90 Å². The summed E-state index contributed by atoms with van der Waals surface area (Å²) < 4.78 is 0. The zero-order chi connectivity index (χ0) is 15.3. The van der Waals surface area contributed by atoms with Gasteiger partial charge in [-0.1, -0.05) is 19.9 Å². The van der Waals surface area contributed by atoms with Gasteiger partial charge in [0, 0.05) is 17.3 Å². The summed E-state index contributed by atoms with van der Waals surface area (Å²) in [4.78, 5) is 17.6. The van der Waals surface area contributed by atoms with Gasteiger partial charge in [0.2, 0.25) is 0 Å². The van der Waals surface area contributed by atoms with Gasteiger partial charge in [-0.05, 0) is 24.3 Å². The normalized spacial score (nSPS) is 11.6. The molecule has 0 radical (unpaired) electrons. The highest BCUT2D eigenvalue weighted by atomic mass is 32.1. The minimum Gasteiger partial charge on any atom is -0.396 e.